The van der Waals surface area contributed by atoms with Gasteiger partial charge in [0.25, 0.3) is 0 Å². The van der Waals surface area contributed by atoms with Crippen molar-refractivity contribution in [2.75, 3.05) is 20.3 Å². The van der Waals surface area contributed by atoms with E-state index in [0.717, 1.165) is 11.5 Å². The van der Waals surface area contributed by atoms with Crippen LogP contribution in [0.1, 0.15) is 0 Å². The fraction of sp³-hybridized carbons (Fsp3) is 0.333. The van der Waals surface area contributed by atoms with E-state index in [1.165, 1.54) is 0 Å². The lowest BCUT2D eigenvalue weighted by Crippen LogP contribution is -2.10. The largest absolute Gasteiger partial charge is 0.497 e. The maximum absolute atomic E-state index is 5.29. The van der Waals surface area contributed by atoms with Gasteiger partial charge in [-0.1, -0.05) is 6.07 Å². The first kappa shape index (κ1) is 12.1. The number of hydrogen-bond donors (Lipinski definition) is 1. The van der Waals surface area contributed by atoms with Crippen LogP contribution in [0.3, 0.4) is 0 Å². The lowest BCUT2D eigenvalue weighted by atomic mass is 10.3. The molecule has 2 N–H and O–H groups in total. The molecule has 0 saturated heterocycles. The molecule has 0 saturated carbocycles. The first-order valence-corrected chi connectivity index (χ1v) is 3.83. The zero-order chi connectivity index (χ0) is 8.81. The van der Waals surface area contributed by atoms with Crippen molar-refractivity contribution < 1.29 is 9.47 Å². The molecular formula is C9H14ClNO2. The number of halogens is 1. The topological polar surface area (TPSA) is 44.5 Å². The third-order valence-corrected chi connectivity index (χ3v) is 1.43. The van der Waals surface area contributed by atoms with Crippen LogP contribution in [0.4, 0.5) is 0 Å². The normalized spacial score (nSPS) is 8.77. The Kier molecular flexibility index (Phi) is 6.10. The van der Waals surface area contributed by atoms with Crippen LogP contribution >= 0.6 is 12.4 Å². The van der Waals surface area contributed by atoms with Crippen LogP contribution in [-0.2, 0) is 0 Å². The van der Waals surface area contributed by atoms with E-state index in [-0.39, 0.29) is 12.4 Å². The summed E-state index contributed by atoms with van der Waals surface area (Å²) < 4.78 is 10.3. The molecule has 0 aliphatic carbocycles. The molecule has 0 unspecified atom stereocenters. The molecule has 0 aliphatic heterocycles. The van der Waals surface area contributed by atoms with Gasteiger partial charge in [0, 0.05) is 12.6 Å². The van der Waals surface area contributed by atoms with E-state index >= 15 is 0 Å². The predicted octanol–water partition coefficient (Wildman–Crippen LogP) is 1.45. The molecule has 0 heterocycles. The Morgan fingerprint density at radius 3 is 2.62 bits per heavy atom. The molecule has 0 aromatic heterocycles. The van der Waals surface area contributed by atoms with Gasteiger partial charge in [-0.2, -0.15) is 0 Å². The zero-order valence-corrected chi connectivity index (χ0v) is 8.34. The monoisotopic (exact) mass is 203 g/mol. The van der Waals surface area contributed by atoms with Crippen LogP contribution in [-0.4, -0.2) is 20.3 Å². The third kappa shape index (κ3) is 4.01. The van der Waals surface area contributed by atoms with Gasteiger partial charge in [-0.15, -0.1) is 12.4 Å². The molecule has 13 heavy (non-hydrogen) atoms. The van der Waals surface area contributed by atoms with Crippen LogP contribution in [0.2, 0.25) is 0 Å². The maximum atomic E-state index is 5.29. The summed E-state index contributed by atoms with van der Waals surface area (Å²) in [6.45, 7) is 1.06. The Hall–Kier alpha value is -0.930. The first-order chi connectivity index (χ1) is 5.86. The second kappa shape index (κ2) is 6.57. The van der Waals surface area contributed by atoms with Gasteiger partial charge in [0.1, 0.15) is 18.1 Å². The van der Waals surface area contributed by atoms with E-state index in [0.29, 0.717) is 13.2 Å². The lowest BCUT2D eigenvalue weighted by Gasteiger charge is -2.05. The van der Waals surface area contributed by atoms with Gasteiger partial charge in [-0.05, 0) is 12.1 Å². The Balaban J connectivity index is 0.00000144. The molecule has 1 rings (SSSR count). The highest BCUT2D eigenvalue weighted by Gasteiger charge is 1.94. The summed E-state index contributed by atoms with van der Waals surface area (Å²) in [5.74, 6) is 1.59. The molecule has 0 atom stereocenters. The van der Waals surface area contributed by atoms with Crippen LogP contribution in [0.15, 0.2) is 24.3 Å². The fourth-order valence-electron chi connectivity index (χ4n) is 0.868. The highest BCUT2D eigenvalue weighted by Crippen LogP contribution is 2.18. The number of methoxy groups -OCH3 is 1. The van der Waals surface area contributed by atoms with Gasteiger partial charge in [0.15, 0.2) is 0 Å². The lowest BCUT2D eigenvalue weighted by molar-refractivity contribution is 0.325. The van der Waals surface area contributed by atoms with Crippen molar-refractivity contribution in [2.24, 2.45) is 5.73 Å². The van der Waals surface area contributed by atoms with E-state index in [2.05, 4.69) is 0 Å². The molecule has 0 spiro atoms. The fourth-order valence-corrected chi connectivity index (χ4v) is 0.868. The second-order valence-corrected chi connectivity index (χ2v) is 2.32. The van der Waals surface area contributed by atoms with Crippen LogP contribution in [0.25, 0.3) is 0 Å². The molecule has 74 valence electrons. The van der Waals surface area contributed by atoms with E-state index in [1.807, 2.05) is 24.3 Å². The van der Waals surface area contributed by atoms with Crippen LogP contribution in [0.5, 0.6) is 11.5 Å². The number of nitrogens with two attached hydrogens (primary N) is 1. The minimum absolute atomic E-state index is 0. The number of ether oxygens (including phenoxy) is 2. The molecule has 3 nitrogen and oxygen atoms in total. The standard InChI is InChI=1S/C9H13NO2.ClH/c1-11-8-3-2-4-9(7-8)12-6-5-10;/h2-4,7H,5-6,10H2,1H3;1H. The Morgan fingerprint density at radius 2 is 2.00 bits per heavy atom. The van der Waals surface area contributed by atoms with Crippen LogP contribution in [0, 0.1) is 0 Å². The SMILES string of the molecule is COc1cccc(OCCN)c1.Cl. The van der Waals surface area contributed by atoms with Gasteiger partial charge < -0.3 is 15.2 Å². The van der Waals surface area contributed by atoms with Gasteiger partial charge in [0.05, 0.1) is 7.11 Å². The summed E-state index contributed by atoms with van der Waals surface area (Å²) in [7, 11) is 1.63. The molecule has 0 bridgehead atoms. The average molecular weight is 204 g/mol. The van der Waals surface area contributed by atoms with Crippen molar-refractivity contribution in [1.82, 2.24) is 0 Å². The summed E-state index contributed by atoms with van der Waals surface area (Å²) in [6.07, 6.45) is 0. The van der Waals surface area contributed by atoms with E-state index in [1.54, 1.807) is 7.11 Å². The summed E-state index contributed by atoms with van der Waals surface area (Å²) in [4.78, 5) is 0. The van der Waals surface area contributed by atoms with Crippen molar-refractivity contribution in [3.63, 3.8) is 0 Å². The van der Waals surface area contributed by atoms with Gasteiger partial charge in [-0.25, -0.2) is 0 Å². The quantitative estimate of drug-likeness (QED) is 0.806. The third-order valence-electron chi connectivity index (χ3n) is 1.43. The average Bonchev–Trinajstić information content (AvgIpc) is 2.15. The molecule has 0 aliphatic rings. The van der Waals surface area contributed by atoms with Crippen molar-refractivity contribution in [2.45, 2.75) is 0 Å². The smallest absolute Gasteiger partial charge is 0.123 e. The highest BCUT2D eigenvalue weighted by molar-refractivity contribution is 5.85. The molecule has 4 heteroatoms. The molecule has 0 fully saturated rings. The van der Waals surface area contributed by atoms with Crippen molar-refractivity contribution in [3.8, 4) is 11.5 Å². The maximum Gasteiger partial charge on any atom is 0.123 e. The number of hydrogen-bond acceptors (Lipinski definition) is 3. The minimum atomic E-state index is 0. The zero-order valence-electron chi connectivity index (χ0n) is 7.53. The first-order valence-electron chi connectivity index (χ1n) is 3.83. The Bertz CT molecular complexity index is 243. The molecule has 1 aromatic carbocycles. The second-order valence-electron chi connectivity index (χ2n) is 2.32. The van der Waals surface area contributed by atoms with E-state index in [9.17, 15) is 0 Å². The van der Waals surface area contributed by atoms with Crippen molar-refractivity contribution >= 4 is 12.4 Å². The predicted molar refractivity (Wildman–Crippen MR) is 54.8 cm³/mol. The molecule has 0 radical (unpaired) electrons. The summed E-state index contributed by atoms with van der Waals surface area (Å²) in [5, 5.41) is 0. The number of benzene rings is 1. The van der Waals surface area contributed by atoms with Gasteiger partial charge >= 0.3 is 0 Å². The molecule has 1 aromatic rings. The molecule has 0 amide bonds. The van der Waals surface area contributed by atoms with Gasteiger partial charge in [-0.3, -0.25) is 0 Å². The Labute approximate surface area is 84.2 Å². The Morgan fingerprint density at radius 1 is 1.31 bits per heavy atom. The van der Waals surface area contributed by atoms with Crippen molar-refractivity contribution in [1.29, 1.82) is 0 Å². The van der Waals surface area contributed by atoms with E-state index in [4.69, 9.17) is 15.2 Å². The molecular weight excluding hydrogens is 190 g/mol. The van der Waals surface area contributed by atoms with Crippen molar-refractivity contribution in [3.05, 3.63) is 24.3 Å². The summed E-state index contributed by atoms with van der Waals surface area (Å²) in [5.41, 5.74) is 5.29. The van der Waals surface area contributed by atoms with Crippen LogP contribution < -0.4 is 15.2 Å². The summed E-state index contributed by atoms with van der Waals surface area (Å²) >= 11 is 0. The van der Waals surface area contributed by atoms with Gasteiger partial charge in [0.2, 0.25) is 0 Å². The minimum Gasteiger partial charge on any atom is -0.497 e. The highest BCUT2D eigenvalue weighted by atomic mass is 35.5. The van der Waals surface area contributed by atoms with E-state index < -0.39 is 0 Å². The summed E-state index contributed by atoms with van der Waals surface area (Å²) in [6, 6.07) is 7.45. The number of rotatable bonds is 4.